The van der Waals surface area contributed by atoms with Crippen molar-refractivity contribution in [2.75, 3.05) is 0 Å². The Morgan fingerprint density at radius 3 is 1.45 bits per heavy atom. The predicted molar refractivity (Wildman–Crippen MR) is 116 cm³/mol. The van der Waals surface area contributed by atoms with E-state index in [0.29, 0.717) is 24.0 Å². The van der Waals surface area contributed by atoms with Crippen LogP contribution >= 0.6 is 0 Å². The molecule has 6 nitrogen and oxygen atoms in total. The summed E-state index contributed by atoms with van der Waals surface area (Å²) in [6, 6.07) is 10.7. The Bertz CT molecular complexity index is 862. The lowest BCUT2D eigenvalue weighted by Gasteiger charge is -2.30. The summed E-state index contributed by atoms with van der Waals surface area (Å²) in [7, 11) is 0. The van der Waals surface area contributed by atoms with Gasteiger partial charge in [-0.3, -0.25) is 9.78 Å². The molecular formula is C25H30O6. The third kappa shape index (κ3) is 6.15. The summed E-state index contributed by atoms with van der Waals surface area (Å²) in [6.45, 7) is 15.3. The molecule has 2 aromatic carbocycles. The minimum Gasteiger partial charge on any atom is -0.289 e. The second-order valence-corrected chi connectivity index (χ2v) is 7.82. The van der Waals surface area contributed by atoms with Gasteiger partial charge in [0.05, 0.1) is 11.1 Å². The van der Waals surface area contributed by atoms with Gasteiger partial charge < -0.3 is 0 Å². The molecule has 0 bridgehead atoms. The second kappa shape index (κ2) is 10.6. The topological polar surface area (TPSA) is 71.1 Å². The van der Waals surface area contributed by atoms with Gasteiger partial charge >= 0.3 is 18.2 Å². The Balaban J connectivity index is 2.12. The average Bonchev–Trinajstić information content (AvgIpc) is 2.72. The van der Waals surface area contributed by atoms with E-state index in [0.717, 1.165) is 22.3 Å². The van der Waals surface area contributed by atoms with E-state index >= 15 is 0 Å². The van der Waals surface area contributed by atoms with Crippen molar-refractivity contribution in [3.8, 4) is 0 Å². The van der Waals surface area contributed by atoms with Gasteiger partial charge in [0, 0.05) is 5.41 Å². The van der Waals surface area contributed by atoms with Crippen molar-refractivity contribution in [3.05, 3.63) is 83.0 Å². The second-order valence-electron chi connectivity index (χ2n) is 7.82. The van der Waals surface area contributed by atoms with Crippen molar-refractivity contribution >= 4 is 11.9 Å². The van der Waals surface area contributed by atoms with Crippen LogP contribution in [0.25, 0.3) is 0 Å². The molecule has 0 aliphatic carbocycles. The van der Waals surface area contributed by atoms with Crippen LogP contribution in [0.1, 0.15) is 69.7 Å². The van der Waals surface area contributed by atoms with Gasteiger partial charge in [0.15, 0.2) is 0 Å². The van der Waals surface area contributed by atoms with E-state index in [1.807, 2.05) is 39.8 Å². The maximum atomic E-state index is 12.5. The molecule has 0 aliphatic heterocycles. The first-order chi connectivity index (χ1) is 14.6. The predicted octanol–water partition coefficient (Wildman–Crippen LogP) is 5.93. The zero-order valence-corrected chi connectivity index (χ0v) is 19.0. The van der Waals surface area contributed by atoms with E-state index < -0.39 is 17.4 Å². The highest BCUT2D eigenvalue weighted by Gasteiger charge is 2.40. The standard InChI is InChI=1S/C25H30O6/c1-8-25(7,9-2)24(30-28-22(26)20-12-10-16(3)14-18(20)5)31-29-23(27)21-13-11-17(4)15-19(21)6/h10-15H,7-9H2,1-6H3. The van der Waals surface area contributed by atoms with Crippen LogP contribution in [0.4, 0.5) is 0 Å². The summed E-state index contributed by atoms with van der Waals surface area (Å²) in [5.74, 6) is -1.37. The average molecular weight is 427 g/mol. The van der Waals surface area contributed by atoms with Crippen LogP contribution in [0.5, 0.6) is 0 Å². The summed E-state index contributed by atoms with van der Waals surface area (Å²) < 4.78 is 0. The fraction of sp³-hybridized carbons (Fsp3) is 0.360. The van der Waals surface area contributed by atoms with Crippen molar-refractivity contribution in [2.45, 2.75) is 54.4 Å². The number of carbonyl (C=O) groups is 2. The Morgan fingerprint density at radius 1 is 0.742 bits per heavy atom. The Morgan fingerprint density at radius 2 is 1.13 bits per heavy atom. The first-order valence-electron chi connectivity index (χ1n) is 10.3. The van der Waals surface area contributed by atoms with Gasteiger partial charge in [0.1, 0.15) is 0 Å². The van der Waals surface area contributed by atoms with Gasteiger partial charge in [-0.05, 0) is 70.7 Å². The fourth-order valence-corrected chi connectivity index (χ4v) is 3.06. The molecule has 0 spiro atoms. The first-order valence-corrected chi connectivity index (χ1v) is 10.3. The molecule has 2 radical (unpaired) electrons. The fourth-order valence-electron chi connectivity index (χ4n) is 3.06. The molecular weight excluding hydrogens is 396 g/mol. The van der Waals surface area contributed by atoms with E-state index in [1.54, 1.807) is 38.1 Å². The lowest BCUT2D eigenvalue weighted by atomic mass is 9.84. The zero-order valence-electron chi connectivity index (χ0n) is 19.0. The highest BCUT2D eigenvalue weighted by Crippen LogP contribution is 2.38. The summed E-state index contributed by atoms with van der Waals surface area (Å²) in [6.07, 6.45) is 0.802. The first kappa shape index (κ1) is 24.6. The summed E-state index contributed by atoms with van der Waals surface area (Å²) in [5.41, 5.74) is 3.40. The van der Waals surface area contributed by atoms with Crippen LogP contribution in [-0.2, 0) is 19.6 Å². The quantitative estimate of drug-likeness (QED) is 0.366. The van der Waals surface area contributed by atoms with Crippen molar-refractivity contribution in [3.63, 3.8) is 0 Å². The van der Waals surface area contributed by atoms with Crippen LogP contribution in [0, 0.1) is 46.3 Å². The third-order valence-electron chi connectivity index (χ3n) is 5.38. The monoisotopic (exact) mass is 426 g/mol. The molecule has 2 rings (SSSR count). The smallest absolute Gasteiger partial charge is 0.289 e. The number of hydrogen-bond acceptors (Lipinski definition) is 6. The summed E-state index contributed by atoms with van der Waals surface area (Å²) >= 11 is 0. The molecule has 0 unspecified atom stereocenters. The number of aryl methyl sites for hydroxylation is 4. The van der Waals surface area contributed by atoms with Crippen LogP contribution in [0.3, 0.4) is 0 Å². The van der Waals surface area contributed by atoms with Crippen molar-refractivity contribution in [1.29, 1.82) is 0 Å². The van der Waals surface area contributed by atoms with Gasteiger partial charge in [-0.25, -0.2) is 9.59 Å². The SMILES string of the molecule is [CH2]C(CC)(CC)[C](OOC(=O)c1ccc(C)cc1C)OOC(=O)c1ccc(C)cc1C. The van der Waals surface area contributed by atoms with E-state index in [-0.39, 0.29) is 6.29 Å². The maximum Gasteiger partial charge on any atom is 0.373 e. The molecule has 2 aromatic rings. The molecule has 0 aromatic heterocycles. The van der Waals surface area contributed by atoms with Crippen molar-refractivity contribution in [2.24, 2.45) is 5.41 Å². The molecule has 31 heavy (non-hydrogen) atoms. The molecule has 0 atom stereocenters. The molecule has 0 saturated carbocycles. The number of carbonyl (C=O) groups excluding carboxylic acids is 2. The summed E-state index contributed by atoms with van der Waals surface area (Å²) in [4.78, 5) is 45.4. The maximum absolute atomic E-state index is 12.5. The Labute approximate surface area is 184 Å². The van der Waals surface area contributed by atoms with E-state index in [9.17, 15) is 9.59 Å². The van der Waals surface area contributed by atoms with Crippen LogP contribution in [0.2, 0.25) is 0 Å². The third-order valence-corrected chi connectivity index (χ3v) is 5.38. The molecule has 0 heterocycles. The Hall–Kier alpha value is -2.70. The van der Waals surface area contributed by atoms with E-state index in [2.05, 4.69) is 6.92 Å². The van der Waals surface area contributed by atoms with Gasteiger partial charge in [0.2, 0.25) is 0 Å². The van der Waals surface area contributed by atoms with Crippen LogP contribution < -0.4 is 0 Å². The highest BCUT2D eigenvalue weighted by atomic mass is 17.3. The van der Waals surface area contributed by atoms with Crippen LogP contribution in [0.15, 0.2) is 36.4 Å². The molecule has 0 fully saturated rings. The number of hydrogen-bond donors (Lipinski definition) is 0. The van der Waals surface area contributed by atoms with Gasteiger partial charge in [-0.15, -0.1) is 9.78 Å². The van der Waals surface area contributed by atoms with Gasteiger partial charge in [0.25, 0.3) is 0 Å². The lowest BCUT2D eigenvalue weighted by Crippen LogP contribution is -2.31. The molecule has 0 N–H and O–H groups in total. The van der Waals surface area contributed by atoms with Crippen molar-refractivity contribution < 1.29 is 29.1 Å². The highest BCUT2D eigenvalue weighted by molar-refractivity contribution is 5.91. The minimum absolute atomic E-state index is 0.200. The number of rotatable bonds is 9. The molecule has 0 aliphatic rings. The van der Waals surface area contributed by atoms with Gasteiger partial charge in [-0.1, -0.05) is 49.2 Å². The zero-order chi connectivity index (χ0) is 23.2. The largest absolute Gasteiger partial charge is 0.373 e. The van der Waals surface area contributed by atoms with E-state index in [1.165, 1.54) is 0 Å². The lowest BCUT2D eigenvalue weighted by molar-refractivity contribution is -0.381. The number of benzene rings is 2. The Kier molecular flexibility index (Phi) is 8.36. The van der Waals surface area contributed by atoms with Crippen molar-refractivity contribution in [1.82, 2.24) is 0 Å². The molecule has 166 valence electrons. The minimum atomic E-state index is -0.884. The van der Waals surface area contributed by atoms with Crippen LogP contribution in [-0.4, -0.2) is 11.9 Å². The van der Waals surface area contributed by atoms with Gasteiger partial charge in [-0.2, -0.15) is 0 Å². The molecule has 0 saturated heterocycles. The van der Waals surface area contributed by atoms with E-state index in [4.69, 9.17) is 19.6 Å². The molecule has 6 heteroatoms. The summed E-state index contributed by atoms with van der Waals surface area (Å²) in [5, 5.41) is 0. The normalized spacial score (nSPS) is 11.5. The molecule has 0 amide bonds.